The van der Waals surface area contributed by atoms with E-state index in [1.54, 1.807) is 18.0 Å². The lowest BCUT2D eigenvalue weighted by atomic mass is 10.2. The molecule has 1 N–H and O–H groups in total. The van der Waals surface area contributed by atoms with E-state index in [2.05, 4.69) is 20.4 Å². The maximum absolute atomic E-state index is 12.1. The van der Waals surface area contributed by atoms with Crippen LogP contribution in [0.15, 0.2) is 41.8 Å². The molecule has 1 aromatic carbocycles. The van der Waals surface area contributed by atoms with E-state index in [9.17, 15) is 4.79 Å². The Kier molecular flexibility index (Phi) is 4.95. The number of hydrogen-bond acceptors (Lipinski definition) is 6. The standard InChI is InChI=1S/C16H17N5O2S/c1-21-15-13(8-20-21)16(19-10-18-15)24-9-14(22)17-7-11-4-3-5-12(6-11)23-2/h3-6,8,10H,7,9H2,1-2H3,(H,17,22). The Hall–Kier alpha value is -2.61. The second kappa shape index (κ2) is 7.31. The Morgan fingerprint density at radius 1 is 1.38 bits per heavy atom. The fourth-order valence-electron chi connectivity index (χ4n) is 2.22. The zero-order valence-corrected chi connectivity index (χ0v) is 14.2. The van der Waals surface area contributed by atoms with Gasteiger partial charge in [-0.25, -0.2) is 9.97 Å². The highest BCUT2D eigenvalue weighted by molar-refractivity contribution is 8.00. The molecule has 2 heterocycles. The molecular weight excluding hydrogens is 326 g/mol. The minimum Gasteiger partial charge on any atom is -0.497 e. The molecule has 8 heteroatoms. The maximum Gasteiger partial charge on any atom is 0.230 e. The number of fused-ring (bicyclic) bond motifs is 1. The van der Waals surface area contributed by atoms with Crippen LogP contribution in [0.2, 0.25) is 0 Å². The molecule has 0 aliphatic heterocycles. The average Bonchev–Trinajstić information content (AvgIpc) is 3.00. The van der Waals surface area contributed by atoms with Crippen molar-refractivity contribution in [3.8, 4) is 5.75 Å². The summed E-state index contributed by atoms with van der Waals surface area (Å²) in [5.74, 6) is 1.000. The minimum atomic E-state index is -0.0570. The van der Waals surface area contributed by atoms with Crippen LogP contribution in [-0.4, -0.2) is 38.5 Å². The van der Waals surface area contributed by atoms with E-state index in [1.165, 1.54) is 18.1 Å². The number of aryl methyl sites for hydroxylation is 1. The first kappa shape index (κ1) is 16.3. The Labute approximate surface area is 143 Å². The van der Waals surface area contributed by atoms with Crippen LogP contribution in [0.5, 0.6) is 5.75 Å². The highest BCUT2D eigenvalue weighted by Crippen LogP contribution is 2.23. The van der Waals surface area contributed by atoms with Gasteiger partial charge in [-0.3, -0.25) is 9.48 Å². The molecule has 3 rings (SSSR count). The molecule has 0 bridgehead atoms. The van der Waals surface area contributed by atoms with Gasteiger partial charge < -0.3 is 10.1 Å². The fraction of sp³-hybridized carbons (Fsp3) is 0.250. The molecule has 3 aromatic rings. The first-order valence-electron chi connectivity index (χ1n) is 7.32. The molecule has 0 atom stereocenters. The molecule has 1 amide bonds. The zero-order valence-electron chi connectivity index (χ0n) is 13.4. The van der Waals surface area contributed by atoms with Gasteiger partial charge in [0.2, 0.25) is 5.91 Å². The van der Waals surface area contributed by atoms with Crippen molar-refractivity contribution in [2.75, 3.05) is 12.9 Å². The molecule has 0 saturated carbocycles. The number of methoxy groups -OCH3 is 1. The highest BCUT2D eigenvalue weighted by atomic mass is 32.2. The number of carbonyl (C=O) groups is 1. The Bertz CT molecular complexity index is 865. The third kappa shape index (κ3) is 3.65. The van der Waals surface area contributed by atoms with Gasteiger partial charge in [0, 0.05) is 13.6 Å². The topological polar surface area (TPSA) is 81.9 Å². The van der Waals surface area contributed by atoms with Crippen LogP contribution in [0.25, 0.3) is 11.0 Å². The van der Waals surface area contributed by atoms with Gasteiger partial charge in [-0.1, -0.05) is 23.9 Å². The predicted octanol–water partition coefficient (Wildman–Crippen LogP) is 1.78. The van der Waals surface area contributed by atoms with E-state index in [1.807, 2.05) is 31.3 Å². The number of nitrogens with zero attached hydrogens (tertiary/aromatic N) is 4. The summed E-state index contributed by atoms with van der Waals surface area (Å²) in [4.78, 5) is 20.5. The number of aromatic nitrogens is 4. The lowest BCUT2D eigenvalue weighted by Gasteiger charge is -2.07. The van der Waals surface area contributed by atoms with Gasteiger partial charge in [0.25, 0.3) is 0 Å². The third-order valence-corrected chi connectivity index (χ3v) is 4.46. The summed E-state index contributed by atoms with van der Waals surface area (Å²) in [6.07, 6.45) is 3.20. The van der Waals surface area contributed by atoms with E-state index >= 15 is 0 Å². The molecule has 2 aromatic heterocycles. The van der Waals surface area contributed by atoms with E-state index < -0.39 is 0 Å². The van der Waals surface area contributed by atoms with Gasteiger partial charge in [-0.2, -0.15) is 5.10 Å². The number of nitrogens with one attached hydrogen (secondary N) is 1. The minimum absolute atomic E-state index is 0.0570. The van der Waals surface area contributed by atoms with Crippen molar-refractivity contribution < 1.29 is 9.53 Å². The van der Waals surface area contributed by atoms with Gasteiger partial charge >= 0.3 is 0 Å². The fourth-order valence-corrected chi connectivity index (χ4v) is 3.01. The second-order valence-electron chi connectivity index (χ2n) is 5.10. The van der Waals surface area contributed by atoms with Gasteiger partial charge in [0.1, 0.15) is 17.1 Å². The summed E-state index contributed by atoms with van der Waals surface area (Å²) in [6, 6.07) is 7.61. The van der Waals surface area contributed by atoms with Crippen LogP contribution in [0.3, 0.4) is 0 Å². The number of benzene rings is 1. The summed E-state index contributed by atoms with van der Waals surface area (Å²) in [5, 5.41) is 8.67. The number of ether oxygens (including phenoxy) is 1. The smallest absolute Gasteiger partial charge is 0.230 e. The van der Waals surface area contributed by atoms with Crippen molar-refractivity contribution in [2.24, 2.45) is 7.05 Å². The molecule has 0 spiro atoms. The number of rotatable bonds is 6. The van der Waals surface area contributed by atoms with Crippen LogP contribution in [0, 0.1) is 0 Å². The number of carbonyl (C=O) groups excluding carboxylic acids is 1. The highest BCUT2D eigenvalue weighted by Gasteiger charge is 2.10. The Balaban J connectivity index is 1.57. The van der Waals surface area contributed by atoms with Gasteiger partial charge in [-0.05, 0) is 17.7 Å². The molecule has 124 valence electrons. The summed E-state index contributed by atoms with van der Waals surface area (Å²) in [6.45, 7) is 0.461. The van der Waals surface area contributed by atoms with Crippen LogP contribution < -0.4 is 10.1 Å². The second-order valence-corrected chi connectivity index (χ2v) is 6.07. The van der Waals surface area contributed by atoms with E-state index in [-0.39, 0.29) is 11.7 Å². The van der Waals surface area contributed by atoms with E-state index in [0.717, 1.165) is 27.4 Å². The average molecular weight is 343 g/mol. The van der Waals surface area contributed by atoms with E-state index in [0.29, 0.717) is 6.54 Å². The van der Waals surface area contributed by atoms with Crippen molar-refractivity contribution in [3.63, 3.8) is 0 Å². The Morgan fingerprint density at radius 2 is 2.25 bits per heavy atom. The molecule has 24 heavy (non-hydrogen) atoms. The first-order valence-corrected chi connectivity index (χ1v) is 8.31. The van der Waals surface area contributed by atoms with Crippen molar-refractivity contribution >= 4 is 28.7 Å². The van der Waals surface area contributed by atoms with Crippen molar-refractivity contribution in [1.29, 1.82) is 0 Å². The number of thioether (sulfide) groups is 1. The largest absolute Gasteiger partial charge is 0.497 e. The van der Waals surface area contributed by atoms with E-state index in [4.69, 9.17) is 4.74 Å². The summed E-state index contributed by atoms with van der Waals surface area (Å²) in [5.41, 5.74) is 1.74. The summed E-state index contributed by atoms with van der Waals surface area (Å²) >= 11 is 1.37. The first-order chi connectivity index (χ1) is 11.7. The lowest BCUT2D eigenvalue weighted by molar-refractivity contribution is -0.118. The number of hydrogen-bond donors (Lipinski definition) is 1. The van der Waals surface area contributed by atoms with Crippen molar-refractivity contribution in [2.45, 2.75) is 11.6 Å². The molecule has 0 saturated heterocycles. The SMILES string of the molecule is COc1cccc(CNC(=O)CSc2ncnc3c2cnn3C)c1. The van der Waals surface area contributed by atoms with Crippen LogP contribution >= 0.6 is 11.8 Å². The molecule has 0 aliphatic rings. The zero-order chi connectivity index (χ0) is 16.9. The van der Waals surface area contributed by atoms with Crippen LogP contribution in [0.4, 0.5) is 0 Å². The predicted molar refractivity (Wildman–Crippen MR) is 91.9 cm³/mol. The van der Waals surface area contributed by atoms with Crippen molar-refractivity contribution in [3.05, 3.63) is 42.4 Å². The maximum atomic E-state index is 12.1. The molecule has 0 fully saturated rings. The molecule has 0 radical (unpaired) electrons. The molecule has 0 unspecified atom stereocenters. The summed E-state index contributed by atoms with van der Waals surface area (Å²) < 4.78 is 6.86. The van der Waals surface area contributed by atoms with Crippen LogP contribution in [-0.2, 0) is 18.4 Å². The normalized spacial score (nSPS) is 10.8. The molecular formula is C16H17N5O2S. The Morgan fingerprint density at radius 3 is 3.08 bits per heavy atom. The monoisotopic (exact) mass is 343 g/mol. The van der Waals surface area contributed by atoms with Crippen LogP contribution in [0.1, 0.15) is 5.56 Å². The molecule has 7 nitrogen and oxygen atoms in total. The van der Waals surface area contributed by atoms with Gasteiger partial charge in [0.15, 0.2) is 5.65 Å². The van der Waals surface area contributed by atoms with Crippen molar-refractivity contribution in [1.82, 2.24) is 25.1 Å². The third-order valence-electron chi connectivity index (χ3n) is 3.46. The molecule has 0 aliphatic carbocycles. The number of amides is 1. The van der Waals surface area contributed by atoms with Gasteiger partial charge in [0.05, 0.1) is 24.4 Å². The lowest BCUT2D eigenvalue weighted by Crippen LogP contribution is -2.24. The van der Waals surface area contributed by atoms with Gasteiger partial charge in [-0.15, -0.1) is 0 Å². The summed E-state index contributed by atoms with van der Waals surface area (Å²) in [7, 11) is 3.44. The quantitative estimate of drug-likeness (QED) is 0.543.